The number of hydrogen-bond donors (Lipinski definition) is 3. The molecule has 0 aliphatic rings. The van der Waals surface area contributed by atoms with Crippen LogP contribution in [0.1, 0.15) is 12.7 Å². The average molecular weight is 262 g/mol. The predicted octanol–water partition coefficient (Wildman–Crippen LogP) is 0.432. The lowest BCUT2D eigenvalue weighted by Gasteiger charge is -2.21. The van der Waals surface area contributed by atoms with Gasteiger partial charge in [0.15, 0.2) is 5.82 Å². The van der Waals surface area contributed by atoms with E-state index in [9.17, 15) is 5.11 Å². The third kappa shape index (κ3) is 4.82. The molecule has 0 amide bonds. The molecule has 6 nitrogen and oxygen atoms in total. The Morgan fingerprint density at radius 2 is 2.24 bits per heavy atom. The lowest BCUT2D eigenvalue weighted by Crippen LogP contribution is -2.37. The van der Waals surface area contributed by atoms with Crippen LogP contribution >= 0.6 is 11.6 Å². The summed E-state index contributed by atoms with van der Waals surface area (Å²) in [6.07, 6.45) is 0. The summed E-state index contributed by atoms with van der Waals surface area (Å²) >= 11 is 5.81. The van der Waals surface area contributed by atoms with Crippen LogP contribution in [0.15, 0.2) is 6.07 Å². The Balaban J connectivity index is 2.70. The van der Waals surface area contributed by atoms with Crippen molar-refractivity contribution in [1.29, 1.82) is 0 Å². The number of nitrogens with zero attached hydrogens (tertiary/aromatic N) is 2. The smallest absolute Gasteiger partial charge is 0.158 e. The SMILES string of the molecule is COCc1nc(Cl)cc(NCC(C)(O)CO)n1. The first-order valence-electron chi connectivity index (χ1n) is 5.06. The van der Waals surface area contributed by atoms with Gasteiger partial charge in [-0.15, -0.1) is 0 Å². The number of aromatic nitrogens is 2. The molecule has 0 aliphatic carbocycles. The summed E-state index contributed by atoms with van der Waals surface area (Å²) in [5.41, 5.74) is -1.21. The molecule has 0 bridgehead atoms. The molecule has 1 aromatic heterocycles. The molecule has 0 saturated heterocycles. The molecule has 0 spiro atoms. The normalized spacial score (nSPS) is 14.4. The summed E-state index contributed by atoms with van der Waals surface area (Å²) in [6, 6.07) is 1.54. The van der Waals surface area contributed by atoms with Crippen molar-refractivity contribution >= 4 is 17.4 Å². The molecule has 0 aliphatic heterocycles. The Morgan fingerprint density at radius 1 is 1.53 bits per heavy atom. The van der Waals surface area contributed by atoms with Crippen molar-refractivity contribution in [3.8, 4) is 0 Å². The number of rotatable bonds is 6. The summed E-state index contributed by atoms with van der Waals surface area (Å²) in [5, 5.41) is 21.7. The highest BCUT2D eigenvalue weighted by Crippen LogP contribution is 2.13. The lowest BCUT2D eigenvalue weighted by molar-refractivity contribution is 0.0131. The monoisotopic (exact) mass is 261 g/mol. The summed E-state index contributed by atoms with van der Waals surface area (Å²) in [6.45, 7) is 1.58. The van der Waals surface area contributed by atoms with Gasteiger partial charge in [0.25, 0.3) is 0 Å². The predicted molar refractivity (Wildman–Crippen MR) is 64.0 cm³/mol. The van der Waals surface area contributed by atoms with E-state index in [0.717, 1.165) is 0 Å². The minimum Gasteiger partial charge on any atom is -0.393 e. The molecule has 1 unspecified atom stereocenters. The average Bonchev–Trinajstić information content (AvgIpc) is 2.26. The highest BCUT2D eigenvalue weighted by atomic mass is 35.5. The first-order chi connectivity index (χ1) is 7.96. The van der Waals surface area contributed by atoms with Crippen molar-refractivity contribution in [2.45, 2.75) is 19.1 Å². The van der Waals surface area contributed by atoms with Gasteiger partial charge in [-0.2, -0.15) is 0 Å². The van der Waals surface area contributed by atoms with Gasteiger partial charge in [0, 0.05) is 19.7 Å². The second-order valence-corrected chi connectivity index (χ2v) is 4.32. The van der Waals surface area contributed by atoms with Crippen molar-refractivity contribution in [1.82, 2.24) is 9.97 Å². The fourth-order valence-electron chi connectivity index (χ4n) is 1.09. The van der Waals surface area contributed by atoms with Crippen molar-refractivity contribution in [3.63, 3.8) is 0 Å². The summed E-state index contributed by atoms with van der Waals surface area (Å²) in [5.74, 6) is 0.928. The van der Waals surface area contributed by atoms with E-state index in [1.165, 1.54) is 20.1 Å². The van der Waals surface area contributed by atoms with Crippen molar-refractivity contribution in [3.05, 3.63) is 17.0 Å². The summed E-state index contributed by atoms with van der Waals surface area (Å²) < 4.78 is 4.90. The maximum absolute atomic E-state index is 9.61. The Bertz CT molecular complexity index is 374. The molecule has 1 rings (SSSR count). The molecule has 0 aromatic carbocycles. The number of anilines is 1. The Kier molecular flexibility index (Phi) is 5.07. The fraction of sp³-hybridized carbons (Fsp3) is 0.600. The van der Waals surface area contributed by atoms with Gasteiger partial charge < -0.3 is 20.3 Å². The van der Waals surface area contributed by atoms with Crippen LogP contribution in [-0.2, 0) is 11.3 Å². The highest BCUT2D eigenvalue weighted by Gasteiger charge is 2.18. The van der Waals surface area contributed by atoms with Gasteiger partial charge >= 0.3 is 0 Å². The van der Waals surface area contributed by atoms with Gasteiger partial charge in [0.1, 0.15) is 23.2 Å². The van der Waals surface area contributed by atoms with Gasteiger partial charge in [-0.3, -0.25) is 0 Å². The van der Waals surface area contributed by atoms with E-state index >= 15 is 0 Å². The number of nitrogens with one attached hydrogen (secondary N) is 1. The number of methoxy groups -OCH3 is 1. The zero-order chi connectivity index (χ0) is 12.9. The van der Waals surface area contributed by atoms with Gasteiger partial charge in [-0.05, 0) is 6.92 Å². The number of halogens is 1. The molecular formula is C10H16ClN3O3. The van der Waals surface area contributed by atoms with Crippen LogP contribution in [0, 0.1) is 0 Å². The van der Waals surface area contributed by atoms with Gasteiger partial charge in [0.05, 0.1) is 6.61 Å². The largest absolute Gasteiger partial charge is 0.393 e. The van der Waals surface area contributed by atoms with E-state index in [4.69, 9.17) is 21.4 Å². The topological polar surface area (TPSA) is 87.5 Å². The molecule has 3 N–H and O–H groups in total. The minimum absolute atomic E-state index is 0.156. The van der Waals surface area contributed by atoms with Gasteiger partial charge in [0.2, 0.25) is 0 Å². The minimum atomic E-state index is -1.21. The third-order valence-corrected chi connectivity index (χ3v) is 2.20. The molecule has 96 valence electrons. The maximum Gasteiger partial charge on any atom is 0.158 e. The van der Waals surface area contributed by atoms with E-state index in [1.807, 2.05) is 0 Å². The number of ether oxygens (including phenoxy) is 1. The van der Waals surface area contributed by atoms with Crippen LogP contribution in [0.5, 0.6) is 0 Å². The first-order valence-corrected chi connectivity index (χ1v) is 5.44. The molecule has 0 radical (unpaired) electrons. The zero-order valence-electron chi connectivity index (χ0n) is 9.77. The summed E-state index contributed by atoms with van der Waals surface area (Å²) in [7, 11) is 1.54. The van der Waals surface area contributed by atoms with Crippen molar-refractivity contribution in [2.24, 2.45) is 0 Å². The van der Waals surface area contributed by atoms with Gasteiger partial charge in [-0.25, -0.2) is 9.97 Å². The molecule has 1 aromatic rings. The van der Waals surface area contributed by atoms with Crippen LogP contribution in [0.3, 0.4) is 0 Å². The van der Waals surface area contributed by atoms with Crippen LogP contribution < -0.4 is 5.32 Å². The fourth-order valence-corrected chi connectivity index (χ4v) is 1.29. The third-order valence-electron chi connectivity index (χ3n) is 2.01. The van der Waals surface area contributed by atoms with E-state index in [0.29, 0.717) is 11.6 Å². The van der Waals surface area contributed by atoms with E-state index < -0.39 is 5.60 Å². The molecule has 0 fully saturated rings. The standard InChI is InChI=1S/C10H16ClN3O3/c1-10(16,6-15)5-12-8-3-7(11)13-9(14-8)4-17-2/h3,15-16H,4-6H2,1-2H3,(H,12,13,14). The van der Waals surface area contributed by atoms with Crippen LogP contribution in [-0.4, -0.2) is 46.0 Å². The van der Waals surface area contributed by atoms with Gasteiger partial charge in [-0.1, -0.05) is 11.6 Å². The van der Waals surface area contributed by atoms with E-state index in [2.05, 4.69) is 15.3 Å². The number of hydrogen-bond acceptors (Lipinski definition) is 6. The van der Waals surface area contributed by atoms with Crippen molar-refractivity contribution < 1.29 is 14.9 Å². The Hall–Kier alpha value is -0.950. The number of aliphatic hydroxyl groups is 2. The first kappa shape index (κ1) is 14.1. The quantitative estimate of drug-likeness (QED) is 0.644. The second kappa shape index (κ2) is 6.11. The lowest BCUT2D eigenvalue weighted by atomic mass is 10.1. The van der Waals surface area contributed by atoms with Crippen LogP contribution in [0.4, 0.5) is 5.82 Å². The zero-order valence-corrected chi connectivity index (χ0v) is 10.5. The second-order valence-electron chi connectivity index (χ2n) is 3.93. The van der Waals surface area contributed by atoms with E-state index in [-0.39, 0.29) is 24.9 Å². The molecule has 7 heteroatoms. The molecule has 1 heterocycles. The Labute approximate surface area is 105 Å². The molecular weight excluding hydrogens is 246 g/mol. The Morgan fingerprint density at radius 3 is 2.82 bits per heavy atom. The molecule has 1 atom stereocenters. The summed E-state index contributed by atoms with van der Waals surface area (Å²) in [4.78, 5) is 8.10. The van der Waals surface area contributed by atoms with Crippen LogP contribution in [0.25, 0.3) is 0 Å². The van der Waals surface area contributed by atoms with Crippen molar-refractivity contribution in [2.75, 3.05) is 25.6 Å². The highest BCUT2D eigenvalue weighted by molar-refractivity contribution is 6.29. The number of aliphatic hydroxyl groups excluding tert-OH is 1. The van der Waals surface area contributed by atoms with E-state index in [1.54, 1.807) is 0 Å². The molecule has 17 heavy (non-hydrogen) atoms. The molecule has 0 saturated carbocycles. The van der Waals surface area contributed by atoms with Crippen LogP contribution in [0.2, 0.25) is 5.15 Å². The maximum atomic E-state index is 9.61.